The fourth-order valence-electron chi connectivity index (χ4n) is 1.38. The summed E-state index contributed by atoms with van der Waals surface area (Å²) in [6.45, 7) is 6.12. The number of nitrogen functional groups attached to an aromatic ring is 1. The Bertz CT molecular complexity index is 523. The molecular formula is C12H14BrN3O. The summed E-state index contributed by atoms with van der Waals surface area (Å²) in [5.41, 5.74) is 7.12. The molecule has 0 amide bonds. The van der Waals surface area contributed by atoms with Crippen molar-refractivity contribution in [1.29, 1.82) is 0 Å². The highest BCUT2D eigenvalue weighted by atomic mass is 79.9. The lowest BCUT2D eigenvalue weighted by Crippen LogP contribution is -2.13. The summed E-state index contributed by atoms with van der Waals surface area (Å²) in [6.07, 6.45) is 0. The number of hydrogen-bond donors (Lipinski definition) is 1. The van der Waals surface area contributed by atoms with Gasteiger partial charge in [-0.25, -0.2) is 0 Å². The van der Waals surface area contributed by atoms with Crippen molar-refractivity contribution in [2.24, 2.45) is 0 Å². The molecule has 0 atom stereocenters. The molecule has 1 aromatic carbocycles. The maximum absolute atomic E-state index is 5.77. The molecule has 90 valence electrons. The van der Waals surface area contributed by atoms with E-state index in [1.54, 1.807) is 0 Å². The van der Waals surface area contributed by atoms with Crippen LogP contribution < -0.4 is 5.73 Å². The Morgan fingerprint density at radius 3 is 2.47 bits per heavy atom. The van der Waals surface area contributed by atoms with E-state index >= 15 is 0 Å². The number of nitrogens with zero attached hydrogens (tertiary/aromatic N) is 2. The van der Waals surface area contributed by atoms with Gasteiger partial charge in [-0.05, 0) is 18.2 Å². The Kier molecular flexibility index (Phi) is 2.95. The molecular weight excluding hydrogens is 282 g/mol. The van der Waals surface area contributed by atoms with Gasteiger partial charge in [-0.3, -0.25) is 0 Å². The second-order valence-electron chi connectivity index (χ2n) is 4.95. The summed E-state index contributed by atoms with van der Waals surface area (Å²) in [5.74, 6) is 1.17. The first kappa shape index (κ1) is 12.1. The monoisotopic (exact) mass is 295 g/mol. The van der Waals surface area contributed by atoms with E-state index in [-0.39, 0.29) is 5.41 Å². The van der Waals surface area contributed by atoms with Crippen molar-refractivity contribution in [2.75, 3.05) is 5.73 Å². The van der Waals surface area contributed by atoms with Crippen molar-refractivity contribution < 1.29 is 4.52 Å². The van der Waals surface area contributed by atoms with Gasteiger partial charge in [-0.15, -0.1) is 0 Å². The van der Waals surface area contributed by atoms with Gasteiger partial charge < -0.3 is 10.3 Å². The van der Waals surface area contributed by atoms with Crippen LogP contribution in [-0.4, -0.2) is 10.1 Å². The van der Waals surface area contributed by atoms with Gasteiger partial charge in [0.25, 0.3) is 5.89 Å². The molecule has 0 aliphatic rings. The number of anilines is 1. The lowest BCUT2D eigenvalue weighted by molar-refractivity contribution is 0.402. The minimum absolute atomic E-state index is 0.126. The van der Waals surface area contributed by atoms with Crippen LogP contribution in [0.2, 0.25) is 0 Å². The van der Waals surface area contributed by atoms with Crippen LogP contribution in [0, 0.1) is 0 Å². The Balaban J connectivity index is 2.44. The van der Waals surface area contributed by atoms with Crippen LogP contribution in [0.3, 0.4) is 0 Å². The standard InChI is InChI=1S/C12H14BrN3O/c1-12(2,3)11-15-10(17-16-11)7-4-8(13)6-9(14)5-7/h4-6H,14H2,1-3H3. The number of hydrogen-bond acceptors (Lipinski definition) is 4. The van der Waals surface area contributed by atoms with Crippen LogP contribution in [-0.2, 0) is 5.41 Å². The first-order chi connectivity index (χ1) is 7.86. The third-order valence-corrected chi connectivity index (χ3v) is 2.72. The predicted octanol–water partition coefficient (Wildman–Crippen LogP) is 3.38. The zero-order chi connectivity index (χ0) is 12.6. The van der Waals surface area contributed by atoms with E-state index in [1.165, 1.54) is 0 Å². The summed E-state index contributed by atoms with van der Waals surface area (Å²) < 4.78 is 6.14. The minimum Gasteiger partial charge on any atom is -0.399 e. The third kappa shape index (κ3) is 2.66. The van der Waals surface area contributed by atoms with Crippen LogP contribution in [0.25, 0.3) is 11.5 Å². The molecule has 0 radical (unpaired) electrons. The summed E-state index contributed by atoms with van der Waals surface area (Å²) >= 11 is 3.39. The number of nitrogens with two attached hydrogens (primary N) is 1. The Morgan fingerprint density at radius 1 is 1.24 bits per heavy atom. The minimum atomic E-state index is -0.126. The summed E-state index contributed by atoms with van der Waals surface area (Å²) in [4.78, 5) is 4.38. The normalized spacial score (nSPS) is 11.8. The van der Waals surface area contributed by atoms with E-state index in [0.717, 1.165) is 10.0 Å². The van der Waals surface area contributed by atoms with Crippen molar-refractivity contribution in [3.63, 3.8) is 0 Å². The molecule has 2 rings (SSSR count). The first-order valence-corrected chi connectivity index (χ1v) is 6.06. The number of benzene rings is 1. The SMILES string of the molecule is CC(C)(C)c1noc(-c2cc(N)cc(Br)c2)n1. The maximum Gasteiger partial charge on any atom is 0.258 e. The molecule has 0 aliphatic heterocycles. The highest BCUT2D eigenvalue weighted by molar-refractivity contribution is 9.10. The smallest absolute Gasteiger partial charge is 0.258 e. The van der Waals surface area contributed by atoms with E-state index in [0.29, 0.717) is 17.4 Å². The van der Waals surface area contributed by atoms with Gasteiger partial charge in [0.05, 0.1) is 0 Å². The largest absolute Gasteiger partial charge is 0.399 e. The molecule has 0 spiro atoms. The van der Waals surface area contributed by atoms with Crippen molar-refractivity contribution >= 4 is 21.6 Å². The second kappa shape index (κ2) is 4.14. The zero-order valence-corrected chi connectivity index (χ0v) is 11.6. The Labute approximate surface area is 108 Å². The quantitative estimate of drug-likeness (QED) is 0.819. The molecule has 5 heteroatoms. The molecule has 1 heterocycles. The van der Waals surface area contributed by atoms with Gasteiger partial charge >= 0.3 is 0 Å². The van der Waals surface area contributed by atoms with Gasteiger partial charge in [0.15, 0.2) is 5.82 Å². The van der Waals surface area contributed by atoms with Crippen molar-refractivity contribution in [3.8, 4) is 11.5 Å². The highest BCUT2D eigenvalue weighted by Gasteiger charge is 2.21. The lowest BCUT2D eigenvalue weighted by Gasteiger charge is -2.10. The van der Waals surface area contributed by atoms with Crippen LogP contribution >= 0.6 is 15.9 Å². The molecule has 1 aromatic heterocycles. The van der Waals surface area contributed by atoms with Crippen LogP contribution in [0.4, 0.5) is 5.69 Å². The molecule has 0 bridgehead atoms. The first-order valence-electron chi connectivity index (χ1n) is 5.27. The van der Waals surface area contributed by atoms with Crippen LogP contribution in [0.5, 0.6) is 0 Å². The molecule has 0 saturated heterocycles. The fraction of sp³-hybridized carbons (Fsp3) is 0.333. The number of aromatic nitrogens is 2. The van der Waals surface area contributed by atoms with Gasteiger partial charge in [-0.2, -0.15) is 4.98 Å². The summed E-state index contributed by atoms with van der Waals surface area (Å²) in [5, 5.41) is 3.98. The average molecular weight is 296 g/mol. The van der Waals surface area contributed by atoms with E-state index < -0.39 is 0 Å². The van der Waals surface area contributed by atoms with Crippen molar-refractivity contribution in [1.82, 2.24) is 10.1 Å². The van der Waals surface area contributed by atoms with Crippen molar-refractivity contribution in [2.45, 2.75) is 26.2 Å². The van der Waals surface area contributed by atoms with Gasteiger partial charge in [0.1, 0.15) is 0 Å². The second-order valence-corrected chi connectivity index (χ2v) is 5.86. The number of halogens is 1. The van der Waals surface area contributed by atoms with Crippen molar-refractivity contribution in [3.05, 3.63) is 28.5 Å². The molecule has 0 aliphatic carbocycles. The molecule has 4 nitrogen and oxygen atoms in total. The van der Waals surface area contributed by atoms with Crippen LogP contribution in [0.1, 0.15) is 26.6 Å². The Hall–Kier alpha value is -1.36. The lowest BCUT2D eigenvalue weighted by atomic mass is 9.96. The van der Waals surface area contributed by atoms with Gasteiger partial charge in [-0.1, -0.05) is 41.9 Å². The van der Waals surface area contributed by atoms with E-state index in [4.69, 9.17) is 10.3 Å². The third-order valence-electron chi connectivity index (χ3n) is 2.26. The predicted molar refractivity (Wildman–Crippen MR) is 70.5 cm³/mol. The number of rotatable bonds is 1. The average Bonchev–Trinajstić information content (AvgIpc) is 2.63. The van der Waals surface area contributed by atoms with E-state index in [1.807, 2.05) is 39.0 Å². The molecule has 2 N–H and O–H groups in total. The van der Waals surface area contributed by atoms with Crippen LogP contribution in [0.15, 0.2) is 27.2 Å². The maximum atomic E-state index is 5.77. The van der Waals surface area contributed by atoms with Gasteiger partial charge in [0, 0.05) is 21.1 Å². The zero-order valence-electron chi connectivity index (χ0n) is 9.99. The summed E-state index contributed by atoms with van der Waals surface area (Å²) in [6, 6.07) is 5.53. The fourth-order valence-corrected chi connectivity index (χ4v) is 1.89. The Morgan fingerprint density at radius 2 is 1.94 bits per heavy atom. The van der Waals surface area contributed by atoms with E-state index in [2.05, 4.69) is 26.1 Å². The molecule has 2 aromatic rings. The van der Waals surface area contributed by atoms with E-state index in [9.17, 15) is 0 Å². The topological polar surface area (TPSA) is 64.9 Å². The van der Waals surface area contributed by atoms with Gasteiger partial charge in [0.2, 0.25) is 0 Å². The molecule has 0 saturated carbocycles. The molecule has 0 fully saturated rings. The molecule has 0 unspecified atom stereocenters. The summed E-state index contributed by atoms with van der Waals surface area (Å²) in [7, 11) is 0. The highest BCUT2D eigenvalue weighted by Crippen LogP contribution is 2.27. The molecule has 17 heavy (non-hydrogen) atoms.